The van der Waals surface area contributed by atoms with Crippen LogP contribution in [-0.4, -0.2) is 21.9 Å². The third kappa shape index (κ3) is 2.24. The molecule has 3 rings (SSSR count). The lowest BCUT2D eigenvalue weighted by molar-refractivity contribution is 0.0976. The van der Waals surface area contributed by atoms with Crippen molar-refractivity contribution < 1.29 is 13.9 Å². The molecule has 0 bridgehead atoms. The third-order valence-corrected chi connectivity index (χ3v) is 2.68. The molecule has 2 aromatic rings. The number of aliphatic imine (C=N–C) groups is 1. The zero-order valence-electron chi connectivity index (χ0n) is 9.86. The molecule has 0 aliphatic carbocycles. The van der Waals surface area contributed by atoms with E-state index in [1.807, 2.05) is 30.3 Å². The van der Waals surface area contributed by atoms with E-state index in [2.05, 4.69) is 10.1 Å². The van der Waals surface area contributed by atoms with E-state index in [0.717, 1.165) is 10.9 Å². The lowest BCUT2D eigenvalue weighted by atomic mass is 10.3. The second kappa shape index (κ2) is 4.64. The largest absolute Gasteiger partial charge is 0.487 e. The van der Waals surface area contributed by atoms with Gasteiger partial charge in [-0.25, -0.2) is 14.1 Å². The molecule has 6 heteroatoms. The zero-order chi connectivity index (χ0) is 13.2. The number of nitrogens with zero attached hydrogens (tertiary/aromatic N) is 3. The van der Waals surface area contributed by atoms with Gasteiger partial charge in [0.25, 0.3) is 5.91 Å². The number of rotatable bonds is 3. The average Bonchev–Trinajstić information content (AvgIpc) is 2.87. The smallest absolute Gasteiger partial charge is 0.295 e. The van der Waals surface area contributed by atoms with Gasteiger partial charge in [0.2, 0.25) is 6.30 Å². The van der Waals surface area contributed by atoms with Gasteiger partial charge in [0, 0.05) is 0 Å². The van der Waals surface area contributed by atoms with Crippen molar-refractivity contribution in [2.75, 3.05) is 0 Å². The summed E-state index contributed by atoms with van der Waals surface area (Å²) in [6.07, 6.45) is -0.567. The van der Waals surface area contributed by atoms with Crippen molar-refractivity contribution in [3.05, 3.63) is 47.8 Å². The van der Waals surface area contributed by atoms with Crippen LogP contribution in [0.4, 0.5) is 4.39 Å². The predicted octanol–water partition coefficient (Wildman–Crippen LogP) is 2.15. The van der Waals surface area contributed by atoms with Crippen LogP contribution >= 0.6 is 0 Å². The number of fused-ring (bicyclic) bond motifs is 1. The van der Waals surface area contributed by atoms with Crippen molar-refractivity contribution >= 4 is 12.1 Å². The third-order valence-electron chi connectivity index (χ3n) is 2.68. The van der Waals surface area contributed by atoms with E-state index < -0.39 is 12.2 Å². The monoisotopic (exact) mass is 259 g/mol. The van der Waals surface area contributed by atoms with Gasteiger partial charge in [0.15, 0.2) is 0 Å². The fraction of sp³-hybridized carbons (Fsp3) is 0.154. The summed E-state index contributed by atoms with van der Waals surface area (Å²) in [7, 11) is 0. The first-order chi connectivity index (χ1) is 9.24. The maximum Gasteiger partial charge on any atom is 0.295 e. The van der Waals surface area contributed by atoms with Crippen molar-refractivity contribution in [1.29, 1.82) is 0 Å². The highest BCUT2D eigenvalue weighted by Gasteiger charge is 2.24. The van der Waals surface area contributed by atoms with Gasteiger partial charge in [-0.05, 0) is 18.2 Å². The molecule has 0 N–H and O–H groups in total. The molecule has 1 aromatic heterocycles. The molecular formula is C13H10FN3O2. The van der Waals surface area contributed by atoms with Crippen LogP contribution in [0.1, 0.15) is 22.5 Å². The summed E-state index contributed by atoms with van der Waals surface area (Å²) in [4.78, 5) is 14.9. The first kappa shape index (κ1) is 11.6. The Morgan fingerprint density at radius 3 is 2.84 bits per heavy atom. The first-order valence-corrected chi connectivity index (χ1v) is 5.73. The predicted molar refractivity (Wildman–Crippen MR) is 66.0 cm³/mol. The minimum absolute atomic E-state index is 0.140. The highest BCUT2D eigenvalue weighted by Crippen LogP contribution is 2.18. The zero-order valence-corrected chi connectivity index (χ0v) is 9.86. The van der Waals surface area contributed by atoms with E-state index in [1.165, 1.54) is 6.07 Å². The van der Waals surface area contributed by atoms with Crippen LogP contribution in [0.3, 0.4) is 0 Å². The maximum absolute atomic E-state index is 13.5. The van der Waals surface area contributed by atoms with E-state index in [0.29, 0.717) is 11.4 Å². The normalized spacial score (nSPS) is 17.3. The Balaban J connectivity index is 1.77. The molecule has 0 fully saturated rings. The van der Waals surface area contributed by atoms with Gasteiger partial charge in [-0.1, -0.05) is 18.2 Å². The quantitative estimate of drug-likeness (QED) is 0.848. The van der Waals surface area contributed by atoms with Crippen LogP contribution in [0, 0.1) is 0 Å². The van der Waals surface area contributed by atoms with Crippen molar-refractivity contribution in [2.24, 2.45) is 4.99 Å². The number of carbonyl (C=O) groups excluding carboxylic acids is 1. The number of carbonyl (C=O) groups is 1. The van der Waals surface area contributed by atoms with E-state index in [9.17, 15) is 9.18 Å². The summed E-state index contributed by atoms with van der Waals surface area (Å²) in [6, 6.07) is 10.7. The van der Waals surface area contributed by atoms with Crippen LogP contribution in [0.25, 0.3) is 0 Å². The number of benzene rings is 1. The summed E-state index contributed by atoms with van der Waals surface area (Å²) >= 11 is 0. The Morgan fingerprint density at radius 1 is 1.32 bits per heavy atom. The van der Waals surface area contributed by atoms with Crippen LogP contribution in [0.2, 0.25) is 0 Å². The molecule has 0 saturated carbocycles. The molecule has 1 amide bonds. The van der Waals surface area contributed by atoms with Crippen molar-refractivity contribution in [2.45, 2.75) is 12.9 Å². The molecule has 1 atom stereocenters. The Hall–Kier alpha value is -2.50. The first-order valence-electron chi connectivity index (χ1n) is 5.73. The SMILES string of the molecule is O=C1N=CC(F)n2nc(COc3ccccc3)cc21. The molecule has 1 aliphatic rings. The molecule has 96 valence electrons. The molecule has 19 heavy (non-hydrogen) atoms. The highest BCUT2D eigenvalue weighted by atomic mass is 19.1. The maximum atomic E-state index is 13.5. The lowest BCUT2D eigenvalue weighted by Crippen LogP contribution is -2.18. The van der Waals surface area contributed by atoms with Gasteiger partial charge in [-0.3, -0.25) is 4.79 Å². The van der Waals surface area contributed by atoms with E-state index >= 15 is 0 Å². The summed E-state index contributed by atoms with van der Waals surface area (Å²) in [5.74, 6) is 0.195. The summed E-state index contributed by atoms with van der Waals surface area (Å²) in [5, 5.41) is 4.00. The number of para-hydroxylation sites is 1. The van der Waals surface area contributed by atoms with Gasteiger partial charge in [0.1, 0.15) is 23.7 Å². The second-order valence-corrected chi connectivity index (χ2v) is 4.02. The summed E-state index contributed by atoms with van der Waals surface area (Å²) in [6.45, 7) is 0.171. The Labute approximate surface area is 108 Å². The topological polar surface area (TPSA) is 56.5 Å². The Kier molecular flexibility index (Phi) is 2.83. The molecule has 0 radical (unpaired) electrons. The van der Waals surface area contributed by atoms with Crippen LogP contribution in [-0.2, 0) is 6.61 Å². The van der Waals surface area contributed by atoms with Crippen molar-refractivity contribution in [1.82, 2.24) is 9.78 Å². The number of amides is 1. The molecular weight excluding hydrogens is 249 g/mol. The summed E-state index contributed by atoms with van der Waals surface area (Å²) < 4.78 is 20.0. The molecule has 0 spiro atoms. The fourth-order valence-corrected chi connectivity index (χ4v) is 1.80. The van der Waals surface area contributed by atoms with Crippen LogP contribution < -0.4 is 4.74 Å². The number of alkyl halides is 1. The number of ether oxygens (including phenoxy) is 1. The number of hydrogen-bond donors (Lipinski definition) is 0. The van der Waals surface area contributed by atoms with Crippen LogP contribution in [0.15, 0.2) is 41.4 Å². The number of aromatic nitrogens is 2. The minimum atomic E-state index is -1.50. The van der Waals surface area contributed by atoms with Gasteiger partial charge in [-0.15, -0.1) is 0 Å². The van der Waals surface area contributed by atoms with E-state index in [-0.39, 0.29) is 12.3 Å². The molecule has 1 unspecified atom stereocenters. The highest BCUT2D eigenvalue weighted by molar-refractivity contribution is 6.00. The summed E-state index contributed by atoms with van der Waals surface area (Å²) in [5.41, 5.74) is 0.627. The Bertz CT molecular complexity index is 637. The van der Waals surface area contributed by atoms with E-state index in [4.69, 9.17) is 4.74 Å². The van der Waals surface area contributed by atoms with Crippen LogP contribution in [0.5, 0.6) is 5.75 Å². The van der Waals surface area contributed by atoms with Gasteiger partial charge in [-0.2, -0.15) is 5.10 Å². The molecule has 0 saturated heterocycles. The molecule has 5 nitrogen and oxygen atoms in total. The van der Waals surface area contributed by atoms with Gasteiger partial charge < -0.3 is 4.74 Å². The van der Waals surface area contributed by atoms with Crippen molar-refractivity contribution in [3.8, 4) is 5.75 Å². The van der Waals surface area contributed by atoms with Crippen molar-refractivity contribution in [3.63, 3.8) is 0 Å². The molecule has 1 aliphatic heterocycles. The minimum Gasteiger partial charge on any atom is -0.487 e. The fourth-order valence-electron chi connectivity index (χ4n) is 1.80. The van der Waals surface area contributed by atoms with Gasteiger partial charge in [0.05, 0.1) is 6.21 Å². The molecule has 2 heterocycles. The molecule has 1 aromatic carbocycles. The standard InChI is InChI=1S/C13H10FN3O2/c14-12-7-15-13(18)11-6-9(16-17(11)12)8-19-10-4-2-1-3-5-10/h1-7,12H,8H2. The van der Waals surface area contributed by atoms with Gasteiger partial charge >= 0.3 is 0 Å². The van der Waals surface area contributed by atoms with E-state index in [1.54, 1.807) is 0 Å². The lowest BCUT2D eigenvalue weighted by Gasteiger charge is -2.09. The Morgan fingerprint density at radius 2 is 2.11 bits per heavy atom. The number of halogens is 1. The average molecular weight is 259 g/mol. The second-order valence-electron chi connectivity index (χ2n) is 4.02. The number of hydrogen-bond acceptors (Lipinski definition) is 3.